The monoisotopic (exact) mass is 211 g/mol. The predicted octanol–water partition coefficient (Wildman–Crippen LogP) is 2.72. The zero-order valence-electron chi connectivity index (χ0n) is 10.4. The summed E-state index contributed by atoms with van der Waals surface area (Å²) in [5, 5.41) is 3.30. The lowest BCUT2D eigenvalue weighted by Gasteiger charge is -2.40. The van der Waals surface area contributed by atoms with Crippen LogP contribution in [0.3, 0.4) is 0 Å². The lowest BCUT2D eigenvalue weighted by molar-refractivity contribution is -0.0855. The molecule has 0 atom stereocenters. The Morgan fingerprint density at radius 2 is 1.67 bits per heavy atom. The number of nitrogens with one attached hydrogen (secondary N) is 1. The van der Waals surface area contributed by atoms with E-state index in [1.165, 1.54) is 38.5 Å². The van der Waals surface area contributed by atoms with Gasteiger partial charge in [-0.25, -0.2) is 0 Å². The Morgan fingerprint density at radius 3 is 2.20 bits per heavy atom. The minimum absolute atomic E-state index is 0.550. The molecule has 0 aromatic heterocycles. The minimum Gasteiger partial charge on any atom is -0.375 e. The summed E-state index contributed by atoms with van der Waals surface area (Å²) < 4.78 is 6.11. The summed E-state index contributed by atoms with van der Waals surface area (Å²) in [7, 11) is 2.05. The van der Waals surface area contributed by atoms with E-state index < -0.39 is 0 Å². The molecule has 88 valence electrons. The minimum atomic E-state index is 0.550. The molecular weight excluding hydrogens is 186 g/mol. The summed E-state index contributed by atoms with van der Waals surface area (Å²) in [6, 6.07) is 0.718. The van der Waals surface area contributed by atoms with Crippen molar-refractivity contribution in [1.82, 2.24) is 5.32 Å². The van der Waals surface area contributed by atoms with Gasteiger partial charge in [0, 0.05) is 6.04 Å². The van der Waals surface area contributed by atoms with Crippen molar-refractivity contribution < 1.29 is 4.74 Å². The average Bonchev–Trinajstić information content (AvgIpc) is 2.13. The van der Waals surface area contributed by atoms with Crippen molar-refractivity contribution in [3.63, 3.8) is 0 Å². The van der Waals surface area contributed by atoms with Gasteiger partial charge in [0.2, 0.25) is 0 Å². The van der Waals surface area contributed by atoms with Gasteiger partial charge in [-0.2, -0.15) is 0 Å². The molecule has 0 aromatic rings. The molecule has 2 aliphatic rings. The normalized spacial score (nSPS) is 36.2. The Bertz CT molecular complexity index is 199. The first-order valence-electron chi connectivity index (χ1n) is 6.42. The molecule has 0 bridgehead atoms. The van der Waals surface area contributed by atoms with E-state index in [4.69, 9.17) is 4.74 Å². The summed E-state index contributed by atoms with van der Waals surface area (Å²) in [4.78, 5) is 0. The number of hydrogen-bond donors (Lipinski definition) is 1. The molecule has 2 fully saturated rings. The van der Waals surface area contributed by atoms with Crippen molar-refractivity contribution in [2.45, 2.75) is 70.6 Å². The summed E-state index contributed by atoms with van der Waals surface area (Å²) >= 11 is 0. The third kappa shape index (κ3) is 2.94. The molecule has 2 heteroatoms. The van der Waals surface area contributed by atoms with Crippen molar-refractivity contribution in [2.75, 3.05) is 7.05 Å². The van der Waals surface area contributed by atoms with E-state index in [0.717, 1.165) is 6.04 Å². The molecule has 2 rings (SSSR count). The van der Waals surface area contributed by atoms with Crippen LogP contribution in [0.1, 0.15) is 52.4 Å². The standard InChI is InChI=1S/C13H25NO/c1-13(2)6-4-11(5-7-13)15-12-8-10(9-12)14-3/h10-12,14H,4-9H2,1-3H3. The van der Waals surface area contributed by atoms with Crippen molar-refractivity contribution in [1.29, 1.82) is 0 Å². The molecule has 0 aliphatic heterocycles. The molecule has 0 spiro atoms. The second-order valence-electron chi connectivity index (χ2n) is 6.08. The van der Waals surface area contributed by atoms with Crippen molar-refractivity contribution in [2.24, 2.45) is 5.41 Å². The van der Waals surface area contributed by atoms with Crippen LogP contribution in [0.25, 0.3) is 0 Å². The molecule has 0 unspecified atom stereocenters. The maximum absolute atomic E-state index is 6.11. The van der Waals surface area contributed by atoms with Crippen LogP contribution in [0.4, 0.5) is 0 Å². The van der Waals surface area contributed by atoms with Crippen LogP contribution >= 0.6 is 0 Å². The third-order valence-corrected chi connectivity index (χ3v) is 4.17. The van der Waals surface area contributed by atoms with E-state index in [2.05, 4.69) is 19.2 Å². The fourth-order valence-corrected chi connectivity index (χ4v) is 2.69. The topological polar surface area (TPSA) is 21.3 Å². The van der Waals surface area contributed by atoms with E-state index >= 15 is 0 Å². The Balaban J connectivity index is 1.65. The summed E-state index contributed by atoms with van der Waals surface area (Å²) in [6.07, 6.45) is 8.75. The number of ether oxygens (including phenoxy) is 1. The fourth-order valence-electron chi connectivity index (χ4n) is 2.69. The molecule has 2 nitrogen and oxygen atoms in total. The van der Waals surface area contributed by atoms with Gasteiger partial charge in [0.05, 0.1) is 12.2 Å². The highest BCUT2D eigenvalue weighted by atomic mass is 16.5. The van der Waals surface area contributed by atoms with Gasteiger partial charge < -0.3 is 10.1 Å². The van der Waals surface area contributed by atoms with Crippen molar-refractivity contribution >= 4 is 0 Å². The van der Waals surface area contributed by atoms with Gasteiger partial charge in [0.15, 0.2) is 0 Å². The van der Waals surface area contributed by atoms with Gasteiger partial charge in [-0.15, -0.1) is 0 Å². The average molecular weight is 211 g/mol. The predicted molar refractivity (Wildman–Crippen MR) is 63.0 cm³/mol. The Hall–Kier alpha value is -0.0800. The van der Waals surface area contributed by atoms with E-state index in [9.17, 15) is 0 Å². The van der Waals surface area contributed by atoms with Crippen LogP contribution in [0.15, 0.2) is 0 Å². The third-order valence-electron chi connectivity index (χ3n) is 4.17. The molecule has 1 N–H and O–H groups in total. The van der Waals surface area contributed by atoms with Crippen LogP contribution in [0.5, 0.6) is 0 Å². The van der Waals surface area contributed by atoms with Gasteiger partial charge in [0.25, 0.3) is 0 Å². The van der Waals surface area contributed by atoms with E-state index in [1.807, 2.05) is 7.05 Å². The highest BCUT2D eigenvalue weighted by Gasteiger charge is 2.33. The first-order valence-corrected chi connectivity index (χ1v) is 6.42. The molecule has 0 heterocycles. The first kappa shape index (κ1) is 11.4. The molecule has 2 saturated carbocycles. The second-order valence-corrected chi connectivity index (χ2v) is 6.08. The van der Waals surface area contributed by atoms with Crippen molar-refractivity contribution in [3.05, 3.63) is 0 Å². The Kier molecular flexibility index (Phi) is 3.36. The molecule has 0 amide bonds. The van der Waals surface area contributed by atoms with Crippen LogP contribution in [-0.4, -0.2) is 25.3 Å². The summed E-state index contributed by atoms with van der Waals surface area (Å²) in [5.74, 6) is 0. The lowest BCUT2D eigenvalue weighted by Crippen LogP contribution is -2.45. The fraction of sp³-hybridized carbons (Fsp3) is 1.00. The maximum Gasteiger partial charge on any atom is 0.0608 e. The Labute approximate surface area is 93.8 Å². The highest BCUT2D eigenvalue weighted by molar-refractivity contribution is 4.87. The molecule has 2 aliphatic carbocycles. The van der Waals surface area contributed by atoms with Gasteiger partial charge in [-0.3, -0.25) is 0 Å². The van der Waals surface area contributed by atoms with Crippen LogP contribution in [-0.2, 0) is 4.74 Å². The largest absolute Gasteiger partial charge is 0.375 e. The van der Waals surface area contributed by atoms with Crippen LogP contribution in [0, 0.1) is 5.41 Å². The summed E-state index contributed by atoms with van der Waals surface area (Å²) in [5.41, 5.74) is 0.562. The Morgan fingerprint density at radius 1 is 1.07 bits per heavy atom. The number of rotatable bonds is 3. The molecule has 0 radical (unpaired) electrons. The van der Waals surface area contributed by atoms with Gasteiger partial charge in [0.1, 0.15) is 0 Å². The lowest BCUT2D eigenvalue weighted by atomic mass is 9.76. The van der Waals surface area contributed by atoms with Crippen molar-refractivity contribution in [3.8, 4) is 0 Å². The number of hydrogen-bond acceptors (Lipinski definition) is 2. The van der Waals surface area contributed by atoms with Crippen LogP contribution in [0.2, 0.25) is 0 Å². The smallest absolute Gasteiger partial charge is 0.0608 e. The van der Waals surface area contributed by atoms with Gasteiger partial charge >= 0.3 is 0 Å². The molecule has 15 heavy (non-hydrogen) atoms. The second kappa shape index (κ2) is 4.42. The SMILES string of the molecule is CNC1CC(OC2CCC(C)(C)CC2)C1. The van der Waals surface area contributed by atoms with Crippen LogP contribution < -0.4 is 5.32 Å². The first-order chi connectivity index (χ1) is 7.09. The van der Waals surface area contributed by atoms with E-state index in [-0.39, 0.29) is 0 Å². The zero-order valence-corrected chi connectivity index (χ0v) is 10.4. The quantitative estimate of drug-likeness (QED) is 0.775. The van der Waals surface area contributed by atoms with E-state index in [1.54, 1.807) is 0 Å². The highest BCUT2D eigenvalue weighted by Crippen LogP contribution is 2.37. The van der Waals surface area contributed by atoms with Gasteiger partial charge in [-0.05, 0) is 51.0 Å². The molecule has 0 aromatic carbocycles. The van der Waals surface area contributed by atoms with E-state index in [0.29, 0.717) is 17.6 Å². The zero-order chi connectivity index (χ0) is 10.9. The molecular formula is C13H25NO. The maximum atomic E-state index is 6.11. The molecule has 0 saturated heterocycles. The summed E-state index contributed by atoms with van der Waals surface area (Å²) in [6.45, 7) is 4.76. The van der Waals surface area contributed by atoms with Gasteiger partial charge in [-0.1, -0.05) is 13.8 Å².